The van der Waals surface area contributed by atoms with Crippen LogP contribution >= 0.6 is 0 Å². The summed E-state index contributed by atoms with van der Waals surface area (Å²) in [6.07, 6.45) is 6.55. The van der Waals surface area contributed by atoms with Crippen molar-refractivity contribution in [2.75, 3.05) is 6.54 Å². The van der Waals surface area contributed by atoms with Crippen LogP contribution in [0.5, 0.6) is 0 Å². The Balaban J connectivity index is 4.14. The maximum atomic E-state index is 10.9. The van der Waals surface area contributed by atoms with Crippen LogP contribution in [0.1, 0.15) is 20.3 Å². The molecule has 0 heterocycles. The van der Waals surface area contributed by atoms with E-state index in [2.05, 4.69) is 5.32 Å². The molecule has 0 fully saturated rings. The van der Waals surface area contributed by atoms with Crippen LogP contribution in [0.25, 0.3) is 0 Å². The van der Waals surface area contributed by atoms with E-state index in [1.54, 1.807) is 0 Å². The lowest BCUT2D eigenvalue weighted by Gasteiger charge is -2.02. The van der Waals surface area contributed by atoms with Crippen LogP contribution in [-0.2, 0) is 4.79 Å². The number of rotatable bonds is 4. The smallest absolute Gasteiger partial charge is 0.238 e. The maximum Gasteiger partial charge on any atom is 0.238 e. The molecule has 3 N–H and O–H groups in total. The van der Waals surface area contributed by atoms with E-state index >= 15 is 0 Å². The molecule has 3 heteroatoms. The molecule has 0 aliphatic carbocycles. The summed E-state index contributed by atoms with van der Waals surface area (Å²) in [5.74, 6) is -0.159. The van der Waals surface area contributed by atoms with Gasteiger partial charge in [0.15, 0.2) is 0 Å². The first kappa shape index (κ1) is 10.9. The molecule has 0 saturated heterocycles. The van der Waals surface area contributed by atoms with Crippen LogP contribution in [0.4, 0.5) is 0 Å². The Kier molecular flexibility index (Phi) is 6.01. The minimum atomic E-state index is -0.159. The first-order chi connectivity index (χ1) is 5.74. The number of nitrogens with one attached hydrogen (secondary N) is 1. The Morgan fingerprint density at radius 2 is 2.25 bits per heavy atom. The molecule has 0 aliphatic rings. The van der Waals surface area contributed by atoms with Crippen molar-refractivity contribution in [2.45, 2.75) is 20.3 Å². The third-order valence-electron chi connectivity index (χ3n) is 1.24. The molecule has 3 nitrogen and oxygen atoms in total. The molecule has 68 valence electrons. The molecule has 0 radical (unpaired) electrons. The van der Waals surface area contributed by atoms with Gasteiger partial charge in [0, 0.05) is 5.70 Å². The van der Waals surface area contributed by atoms with Crippen molar-refractivity contribution in [3.05, 3.63) is 23.9 Å². The van der Waals surface area contributed by atoms with Crippen molar-refractivity contribution < 1.29 is 4.79 Å². The van der Waals surface area contributed by atoms with Gasteiger partial charge in [-0.15, -0.1) is 0 Å². The summed E-state index contributed by atoms with van der Waals surface area (Å²) in [7, 11) is 0. The van der Waals surface area contributed by atoms with E-state index in [1.165, 1.54) is 0 Å². The molecule has 1 amide bonds. The summed E-state index contributed by atoms with van der Waals surface area (Å²) >= 11 is 0. The van der Waals surface area contributed by atoms with E-state index in [-0.39, 0.29) is 12.5 Å². The number of carbonyl (C=O) groups excluding carboxylic acids is 1. The highest BCUT2D eigenvalue weighted by molar-refractivity contribution is 5.80. The van der Waals surface area contributed by atoms with Crippen LogP contribution in [0.15, 0.2) is 23.9 Å². The lowest BCUT2D eigenvalue weighted by molar-refractivity contribution is -0.118. The zero-order valence-corrected chi connectivity index (χ0v) is 7.63. The Morgan fingerprint density at radius 1 is 1.58 bits per heavy atom. The topological polar surface area (TPSA) is 55.1 Å². The second-order valence-corrected chi connectivity index (χ2v) is 2.32. The highest BCUT2D eigenvalue weighted by atomic mass is 16.1. The first-order valence-electron chi connectivity index (χ1n) is 4.07. The summed E-state index contributed by atoms with van der Waals surface area (Å²) in [6.45, 7) is 3.94. The quantitative estimate of drug-likeness (QED) is 0.613. The Labute approximate surface area is 73.3 Å². The number of nitrogens with two attached hydrogens (primary N) is 1. The fraction of sp³-hybridized carbons (Fsp3) is 0.444. The van der Waals surface area contributed by atoms with Crippen molar-refractivity contribution in [1.29, 1.82) is 0 Å². The molecule has 0 aromatic heterocycles. The van der Waals surface area contributed by atoms with E-state index in [0.717, 1.165) is 12.1 Å². The van der Waals surface area contributed by atoms with Gasteiger partial charge in [0.05, 0.1) is 6.54 Å². The average molecular weight is 168 g/mol. The molecule has 0 aliphatic heterocycles. The minimum absolute atomic E-state index is 0.0264. The van der Waals surface area contributed by atoms with E-state index in [1.807, 2.05) is 32.1 Å². The van der Waals surface area contributed by atoms with Crippen molar-refractivity contribution in [1.82, 2.24) is 5.32 Å². The second-order valence-electron chi connectivity index (χ2n) is 2.32. The monoisotopic (exact) mass is 168 g/mol. The van der Waals surface area contributed by atoms with Gasteiger partial charge in [-0.2, -0.15) is 0 Å². The van der Waals surface area contributed by atoms with E-state index in [0.29, 0.717) is 0 Å². The zero-order valence-electron chi connectivity index (χ0n) is 7.63. The Bertz CT molecular complexity index is 195. The fourth-order valence-electron chi connectivity index (χ4n) is 0.772. The van der Waals surface area contributed by atoms with Gasteiger partial charge in [0.1, 0.15) is 0 Å². The third-order valence-corrected chi connectivity index (χ3v) is 1.24. The molecule has 0 spiro atoms. The fourth-order valence-corrected chi connectivity index (χ4v) is 0.772. The second kappa shape index (κ2) is 6.61. The van der Waals surface area contributed by atoms with Gasteiger partial charge in [0.25, 0.3) is 0 Å². The SMILES string of the molecule is C/C=C\C(=C/CC)NC(=O)CN. The van der Waals surface area contributed by atoms with Crippen LogP contribution in [0.3, 0.4) is 0 Å². The zero-order chi connectivity index (χ0) is 9.40. The third kappa shape index (κ3) is 4.68. The minimum Gasteiger partial charge on any atom is -0.325 e. The molecule has 0 unspecified atom stereocenters. The normalized spacial score (nSPS) is 12.1. The molecule has 0 aromatic rings. The number of hydrogen-bond donors (Lipinski definition) is 2. The van der Waals surface area contributed by atoms with Crippen molar-refractivity contribution in [3.63, 3.8) is 0 Å². The van der Waals surface area contributed by atoms with Gasteiger partial charge in [-0.05, 0) is 19.4 Å². The highest BCUT2D eigenvalue weighted by Crippen LogP contribution is 1.94. The molecular formula is C9H16N2O. The molecule has 0 atom stereocenters. The van der Waals surface area contributed by atoms with Gasteiger partial charge in [-0.1, -0.05) is 19.1 Å². The number of hydrogen-bond acceptors (Lipinski definition) is 2. The lowest BCUT2D eigenvalue weighted by atomic mass is 10.3. The highest BCUT2D eigenvalue weighted by Gasteiger charge is 1.96. The van der Waals surface area contributed by atoms with Crippen LogP contribution in [-0.4, -0.2) is 12.5 Å². The lowest BCUT2D eigenvalue weighted by Crippen LogP contribution is -2.29. The van der Waals surface area contributed by atoms with Crippen LogP contribution < -0.4 is 11.1 Å². The number of carbonyl (C=O) groups is 1. The average Bonchev–Trinajstić information content (AvgIpc) is 2.05. The summed E-state index contributed by atoms with van der Waals surface area (Å²) in [6, 6.07) is 0. The molecular weight excluding hydrogens is 152 g/mol. The molecule has 0 aromatic carbocycles. The molecule has 0 saturated carbocycles. The first-order valence-corrected chi connectivity index (χ1v) is 4.07. The Hall–Kier alpha value is -1.09. The van der Waals surface area contributed by atoms with Gasteiger partial charge in [0.2, 0.25) is 5.91 Å². The predicted molar refractivity (Wildman–Crippen MR) is 50.4 cm³/mol. The van der Waals surface area contributed by atoms with Crippen molar-refractivity contribution in [3.8, 4) is 0 Å². The summed E-state index contributed by atoms with van der Waals surface area (Å²) < 4.78 is 0. The Morgan fingerprint density at radius 3 is 2.67 bits per heavy atom. The maximum absolute atomic E-state index is 10.9. The standard InChI is InChI=1S/C9H16N2O/c1-3-5-8(6-4-2)11-9(12)7-10/h3,5-6H,4,7,10H2,1-2H3,(H,11,12)/b5-3-,8-6+. The van der Waals surface area contributed by atoms with E-state index in [4.69, 9.17) is 5.73 Å². The molecule has 0 rings (SSSR count). The van der Waals surface area contributed by atoms with E-state index in [9.17, 15) is 4.79 Å². The van der Waals surface area contributed by atoms with Crippen LogP contribution in [0, 0.1) is 0 Å². The molecule has 0 bridgehead atoms. The largest absolute Gasteiger partial charge is 0.325 e. The van der Waals surface area contributed by atoms with Crippen molar-refractivity contribution >= 4 is 5.91 Å². The summed E-state index contributed by atoms with van der Waals surface area (Å²) in [5, 5.41) is 2.68. The summed E-state index contributed by atoms with van der Waals surface area (Å²) in [5.41, 5.74) is 5.96. The van der Waals surface area contributed by atoms with E-state index < -0.39 is 0 Å². The van der Waals surface area contributed by atoms with Gasteiger partial charge >= 0.3 is 0 Å². The number of amides is 1. The summed E-state index contributed by atoms with van der Waals surface area (Å²) in [4.78, 5) is 10.9. The van der Waals surface area contributed by atoms with Gasteiger partial charge in [-0.25, -0.2) is 0 Å². The van der Waals surface area contributed by atoms with Gasteiger partial charge in [-0.3, -0.25) is 4.79 Å². The predicted octanol–water partition coefficient (Wildman–Crippen LogP) is 0.931. The molecule has 12 heavy (non-hydrogen) atoms. The van der Waals surface area contributed by atoms with Crippen molar-refractivity contribution in [2.24, 2.45) is 5.73 Å². The van der Waals surface area contributed by atoms with Crippen LogP contribution in [0.2, 0.25) is 0 Å². The van der Waals surface area contributed by atoms with Gasteiger partial charge < -0.3 is 11.1 Å². The number of allylic oxidation sites excluding steroid dienone is 3.